The maximum Gasteiger partial charge on any atom is 0.373 e. The van der Waals surface area contributed by atoms with Gasteiger partial charge in [0.1, 0.15) is 11.6 Å². The Hall–Kier alpha value is -2.20. The molecule has 2 aliphatic rings. The summed E-state index contributed by atoms with van der Waals surface area (Å²) in [6, 6.07) is 3.33. The van der Waals surface area contributed by atoms with Gasteiger partial charge in [-0.3, -0.25) is 4.79 Å². The molecule has 1 amide bonds. The Morgan fingerprint density at radius 3 is 2.75 bits per heavy atom. The van der Waals surface area contributed by atoms with Crippen LogP contribution in [-0.2, 0) is 20.8 Å². The minimum absolute atomic E-state index is 0.00312. The zero-order valence-corrected chi connectivity index (χ0v) is 10.8. The Kier molecular flexibility index (Phi) is 4.48. The van der Waals surface area contributed by atoms with Crippen molar-refractivity contribution in [3.63, 3.8) is 0 Å². The molecule has 5 nitrogen and oxygen atoms in total. The van der Waals surface area contributed by atoms with Crippen molar-refractivity contribution in [2.24, 2.45) is 0 Å². The van der Waals surface area contributed by atoms with Crippen molar-refractivity contribution in [2.45, 2.75) is 25.2 Å². The standard InChI is InChI=1S/C13H14FNO2.CO2/c14-11-6-12-8(2-1-3-17-12)4-10(11)9-5-13(16)15-7-9;2-1-3/h4,6,9H,1-3,5,7H2,(H,15,16);/t9-;/m0./s1. The third kappa shape index (κ3) is 3.03. The van der Waals surface area contributed by atoms with Gasteiger partial charge in [-0.1, -0.05) is 0 Å². The Labute approximate surface area is 115 Å². The van der Waals surface area contributed by atoms with Crippen LogP contribution in [0.1, 0.15) is 29.9 Å². The third-order valence-corrected chi connectivity index (χ3v) is 3.45. The first-order valence-corrected chi connectivity index (χ1v) is 6.36. The zero-order chi connectivity index (χ0) is 14.5. The van der Waals surface area contributed by atoms with Gasteiger partial charge in [-0.15, -0.1) is 0 Å². The molecule has 2 heterocycles. The van der Waals surface area contributed by atoms with E-state index < -0.39 is 0 Å². The SMILES string of the molecule is O=C1C[C@H](c2cc3c(cc2F)OCCC3)CN1.O=C=O. The van der Waals surface area contributed by atoms with Gasteiger partial charge in [0.15, 0.2) is 0 Å². The molecule has 6 heteroatoms. The summed E-state index contributed by atoms with van der Waals surface area (Å²) in [4.78, 5) is 27.4. The van der Waals surface area contributed by atoms with E-state index in [0.29, 0.717) is 30.9 Å². The van der Waals surface area contributed by atoms with Crippen molar-refractivity contribution in [3.05, 3.63) is 29.1 Å². The largest absolute Gasteiger partial charge is 0.493 e. The molecular weight excluding hydrogens is 265 g/mol. The molecule has 0 aliphatic carbocycles. The monoisotopic (exact) mass is 279 g/mol. The maximum atomic E-state index is 13.9. The van der Waals surface area contributed by atoms with E-state index in [1.807, 2.05) is 6.07 Å². The summed E-state index contributed by atoms with van der Waals surface area (Å²) in [7, 11) is 0. The highest BCUT2D eigenvalue weighted by molar-refractivity contribution is 5.79. The minimum Gasteiger partial charge on any atom is -0.493 e. The molecule has 106 valence electrons. The Morgan fingerprint density at radius 2 is 2.10 bits per heavy atom. The van der Waals surface area contributed by atoms with Crippen molar-refractivity contribution in [1.82, 2.24) is 5.32 Å². The predicted octanol–water partition coefficient (Wildman–Crippen LogP) is 1.17. The minimum atomic E-state index is -0.257. The van der Waals surface area contributed by atoms with Crippen LogP contribution in [0, 0.1) is 5.82 Å². The third-order valence-electron chi connectivity index (χ3n) is 3.45. The number of hydrogen-bond acceptors (Lipinski definition) is 4. The number of amides is 1. The Balaban J connectivity index is 0.000000452. The highest BCUT2D eigenvalue weighted by Crippen LogP contribution is 2.33. The normalized spacial score (nSPS) is 19.9. The van der Waals surface area contributed by atoms with Crippen LogP contribution >= 0.6 is 0 Å². The lowest BCUT2D eigenvalue weighted by atomic mass is 9.93. The maximum absolute atomic E-state index is 13.9. The lowest BCUT2D eigenvalue weighted by Crippen LogP contribution is -2.14. The molecule has 1 atom stereocenters. The van der Waals surface area contributed by atoms with Crippen LogP contribution in [0.4, 0.5) is 4.39 Å². The van der Waals surface area contributed by atoms with Crippen LogP contribution in [0.15, 0.2) is 12.1 Å². The summed E-state index contributed by atoms with van der Waals surface area (Å²) < 4.78 is 19.4. The quantitative estimate of drug-likeness (QED) is 0.837. The molecule has 0 spiro atoms. The summed E-state index contributed by atoms with van der Waals surface area (Å²) in [5.74, 6) is 0.375. The van der Waals surface area contributed by atoms with E-state index in [1.165, 1.54) is 6.07 Å². The molecule has 2 aliphatic heterocycles. The molecule has 0 aromatic heterocycles. The fraction of sp³-hybridized carbons (Fsp3) is 0.429. The molecule has 1 aromatic carbocycles. The summed E-state index contributed by atoms with van der Waals surface area (Å²) >= 11 is 0. The van der Waals surface area contributed by atoms with Gasteiger partial charge in [0, 0.05) is 24.9 Å². The van der Waals surface area contributed by atoms with Gasteiger partial charge in [0.25, 0.3) is 0 Å². The van der Waals surface area contributed by atoms with Crippen LogP contribution < -0.4 is 10.1 Å². The molecule has 1 N–H and O–H groups in total. The average molecular weight is 279 g/mol. The zero-order valence-electron chi connectivity index (χ0n) is 10.8. The first-order valence-electron chi connectivity index (χ1n) is 6.36. The number of halogens is 1. The highest BCUT2D eigenvalue weighted by atomic mass is 19.1. The number of carbonyl (C=O) groups is 1. The lowest BCUT2D eigenvalue weighted by molar-refractivity contribution is -0.191. The van der Waals surface area contributed by atoms with Gasteiger partial charge < -0.3 is 10.1 Å². The van der Waals surface area contributed by atoms with E-state index in [2.05, 4.69) is 5.32 Å². The van der Waals surface area contributed by atoms with Crippen LogP contribution in [0.3, 0.4) is 0 Å². The average Bonchev–Trinajstić information content (AvgIpc) is 2.85. The predicted molar refractivity (Wildman–Crippen MR) is 65.6 cm³/mol. The smallest absolute Gasteiger partial charge is 0.373 e. The fourth-order valence-electron chi connectivity index (χ4n) is 2.53. The van der Waals surface area contributed by atoms with Gasteiger partial charge in [-0.05, 0) is 30.0 Å². The molecule has 1 aromatic rings. The lowest BCUT2D eigenvalue weighted by Gasteiger charge is -2.20. The number of nitrogens with one attached hydrogen (secondary N) is 1. The summed E-state index contributed by atoms with van der Waals surface area (Å²) in [5.41, 5.74) is 1.71. The van der Waals surface area contributed by atoms with E-state index in [4.69, 9.17) is 14.3 Å². The highest BCUT2D eigenvalue weighted by Gasteiger charge is 2.27. The number of aryl methyl sites for hydroxylation is 1. The number of benzene rings is 1. The van der Waals surface area contributed by atoms with Gasteiger partial charge >= 0.3 is 6.15 Å². The Morgan fingerprint density at radius 1 is 1.35 bits per heavy atom. The number of fused-ring (bicyclic) bond motifs is 1. The van der Waals surface area contributed by atoms with Crippen molar-refractivity contribution in [1.29, 1.82) is 0 Å². The topological polar surface area (TPSA) is 72.5 Å². The second kappa shape index (κ2) is 6.30. The van der Waals surface area contributed by atoms with Crippen LogP contribution in [0.2, 0.25) is 0 Å². The van der Waals surface area contributed by atoms with Crippen molar-refractivity contribution >= 4 is 12.1 Å². The first-order chi connectivity index (χ1) is 9.65. The van der Waals surface area contributed by atoms with Crippen LogP contribution in [0.25, 0.3) is 0 Å². The van der Waals surface area contributed by atoms with Crippen molar-refractivity contribution in [3.8, 4) is 5.75 Å². The number of hydrogen-bond donors (Lipinski definition) is 1. The van der Waals surface area contributed by atoms with E-state index >= 15 is 0 Å². The van der Waals surface area contributed by atoms with Gasteiger partial charge in [0.05, 0.1) is 6.61 Å². The fourth-order valence-corrected chi connectivity index (χ4v) is 2.53. The molecule has 1 fully saturated rings. The van der Waals surface area contributed by atoms with E-state index in [0.717, 1.165) is 18.4 Å². The van der Waals surface area contributed by atoms with Gasteiger partial charge in [-0.25, -0.2) is 4.39 Å². The van der Waals surface area contributed by atoms with Crippen molar-refractivity contribution < 1.29 is 23.5 Å². The van der Waals surface area contributed by atoms with E-state index in [-0.39, 0.29) is 23.8 Å². The first kappa shape index (κ1) is 14.2. The number of ether oxygens (including phenoxy) is 1. The molecule has 0 unspecified atom stereocenters. The molecule has 1 saturated heterocycles. The number of rotatable bonds is 1. The second-order valence-corrected chi connectivity index (χ2v) is 4.72. The van der Waals surface area contributed by atoms with Crippen LogP contribution in [-0.4, -0.2) is 25.2 Å². The number of carbonyl (C=O) groups excluding carboxylic acids is 3. The van der Waals surface area contributed by atoms with Crippen molar-refractivity contribution in [2.75, 3.05) is 13.2 Å². The molecule has 0 radical (unpaired) electrons. The van der Waals surface area contributed by atoms with E-state index in [1.54, 1.807) is 0 Å². The summed E-state index contributed by atoms with van der Waals surface area (Å²) in [6.45, 7) is 1.20. The second-order valence-electron chi connectivity index (χ2n) is 4.72. The molecular formula is C14H14FNO4. The molecule has 0 bridgehead atoms. The van der Waals surface area contributed by atoms with Gasteiger partial charge in [-0.2, -0.15) is 9.59 Å². The molecule has 3 rings (SSSR count). The Bertz CT molecular complexity index is 552. The summed E-state index contributed by atoms with van der Waals surface area (Å²) in [6.07, 6.45) is 2.53. The van der Waals surface area contributed by atoms with Crippen LogP contribution in [0.5, 0.6) is 5.75 Å². The molecule has 20 heavy (non-hydrogen) atoms. The summed E-state index contributed by atoms with van der Waals surface area (Å²) in [5, 5.41) is 2.74. The van der Waals surface area contributed by atoms with E-state index in [9.17, 15) is 9.18 Å². The molecule has 0 saturated carbocycles. The van der Waals surface area contributed by atoms with Gasteiger partial charge in [0.2, 0.25) is 5.91 Å².